The second-order valence-electron chi connectivity index (χ2n) is 4.83. The van der Waals surface area contributed by atoms with Crippen LogP contribution in [0, 0.1) is 0 Å². The molecule has 0 spiro atoms. The number of para-hydroxylation sites is 1. The van der Waals surface area contributed by atoms with Crippen LogP contribution in [0.4, 0.5) is 0 Å². The molecule has 2 rings (SSSR count). The van der Waals surface area contributed by atoms with E-state index in [1.54, 1.807) is 0 Å². The topological polar surface area (TPSA) is 38.3 Å². The first-order valence-electron chi connectivity index (χ1n) is 6.24. The smallest absolute Gasteiger partial charge is 0.231 e. The first-order valence-corrected chi connectivity index (χ1v) is 6.67. The Labute approximate surface area is 112 Å². The van der Waals surface area contributed by atoms with Gasteiger partial charge in [0, 0.05) is 17.0 Å². The number of benzene rings is 1. The molecule has 0 saturated carbocycles. The van der Waals surface area contributed by atoms with E-state index in [1.165, 1.54) is 0 Å². The summed E-state index contributed by atoms with van der Waals surface area (Å²) in [6.07, 6.45) is 0.766. The molecule has 0 bridgehead atoms. The molecule has 0 saturated heterocycles. The molecule has 0 aliphatic carbocycles. The Morgan fingerprint density at radius 3 is 2.94 bits per heavy atom. The van der Waals surface area contributed by atoms with Crippen LogP contribution >= 0.6 is 11.6 Å². The average molecular weight is 268 g/mol. The molecule has 3 unspecified atom stereocenters. The van der Waals surface area contributed by atoms with E-state index in [2.05, 4.69) is 5.32 Å². The van der Waals surface area contributed by atoms with Gasteiger partial charge in [-0.15, -0.1) is 11.6 Å². The first-order chi connectivity index (χ1) is 8.58. The van der Waals surface area contributed by atoms with Gasteiger partial charge in [-0.05, 0) is 26.3 Å². The monoisotopic (exact) mass is 267 g/mol. The molecule has 1 amide bonds. The summed E-state index contributed by atoms with van der Waals surface area (Å²) in [5, 5.41) is 3.05. The van der Waals surface area contributed by atoms with Gasteiger partial charge >= 0.3 is 0 Å². The van der Waals surface area contributed by atoms with E-state index in [9.17, 15) is 4.79 Å². The van der Waals surface area contributed by atoms with E-state index in [4.69, 9.17) is 16.3 Å². The van der Waals surface area contributed by atoms with E-state index >= 15 is 0 Å². The van der Waals surface area contributed by atoms with E-state index < -0.39 is 0 Å². The van der Waals surface area contributed by atoms with Gasteiger partial charge < -0.3 is 10.1 Å². The van der Waals surface area contributed by atoms with Gasteiger partial charge in [0.05, 0.1) is 0 Å². The Hall–Kier alpha value is -1.22. The Balaban J connectivity index is 1.99. The summed E-state index contributed by atoms with van der Waals surface area (Å²) >= 11 is 5.92. The second-order valence-corrected chi connectivity index (χ2v) is 5.57. The molecule has 0 radical (unpaired) electrons. The summed E-state index contributed by atoms with van der Waals surface area (Å²) < 4.78 is 5.51. The predicted octanol–water partition coefficient (Wildman–Crippen LogP) is 2.68. The van der Waals surface area contributed by atoms with Gasteiger partial charge in [-0.1, -0.05) is 18.2 Å². The maximum Gasteiger partial charge on any atom is 0.231 e. The molecule has 1 heterocycles. The third-order valence-corrected chi connectivity index (χ3v) is 3.26. The number of carbonyl (C=O) groups is 1. The molecule has 4 heteroatoms. The molecule has 18 heavy (non-hydrogen) atoms. The molecule has 1 aromatic rings. The highest BCUT2D eigenvalue weighted by Gasteiger charge is 2.30. The van der Waals surface area contributed by atoms with E-state index in [0.717, 1.165) is 17.7 Å². The average Bonchev–Trinajstić information content (AvgIpc) is 2.71. The Morgan fingerprint density at radius 2 is 2.22 bits per heavy atom. The third-order valence-electron chi connectivity index (χ3n) is 3.08. The van der Waals surface area contributed by atoms with Gasteiger partial charge in [0.15, 0.2) is 0 Å². The molecule has 3 nitrogen and oxygen atoms in total. The van der Waals surface area contributed by atoms with E-state index in [1.807, 2.05) is 38.1 Å². The first kappa shape index (κ1) is 13.2. The maximum absolute atomic E-state index is 12.2. The highest BCUT2D eigenvalue weighted by Crippen LogP contribution is 2.33. The van der Waals surface area contributed by atoms with Gasteiger partial charge in [0.2, 0.25) is 5.91 Å². The lowest BCUT2D eigenvalue weighted by Crippen LogP contribution is -2.37. The molecule has 1 aliphatic rings. The second kappa shape index (κ2) is 5.61. The lowest BCUT2D eigenvalue weighted by molar-refractivity contribution is -0.123. The number of amides is 1. The van der Waals surface area contributed by atoms with Crippen molar-refractivity contribution in [2.45, 2.75) is 37.6 Å². The van der Waals surface area contributed by atoms with Gasteiger partial charge in [0.1, 0.15) is 18.3 Å². The van der Waals surface area contributed by atoms with E-state index in [-0.39, 0.29) is 23.2 Å². The van der Waals surface area contributed by atoms with Gasteiger partial charge in [-0.2, -0.15) is 0 Å². The summed E-state index contributed by atoms with van der Waals surface area (Å²) in [5.41, 5.74) is 0.973. The highest BCUT2D eigenvalue weighted by molar-refractivity contribution is 6.20. The van der Waals surface area contributed by atoms with Gasteiger partial charge in [-0.3, -0.25) is 4.79 Å². The van der Waals surface area contributed by atoms with Crippen LogP contribution in [0.1, 0.15) is 31.7 Å². The lowest BCUT2D eigenvalue weighted by Gasteiger charge is -2.17. The van der Waals surface area contributed by atoms with Crippen molar-refractivity contribution in [3.63, 3.8) is 0 Å². The van der Waals surface area contributed by atoms with Crippen molar-refractivity contribution < 1.29 is 9.53 Å². The zero-order valence-electron chi connectivity index (χ0n) is 10.7. The zero-order chi connectivity index (χ0) is 13.1. The van der Waals surface area contributed by atoms with Crippen LogP contribution in [0.25, 0.3) is 0 Å². The largest absolute Gasteiger partial charge is 0.492 e. The number of rotatable bonds is 4. The Bertz CT molecular complexity index is 434. The van der Waals surface area contributed by atoms with Crippen molar-refractivity contribution >= 4 is 17.5 Å². The van der Waals surface area contributed by atoms with Crippen LogP contribution in [-0.4, -0.2) is 23.9 Å². The van der Waals surface area contributed by atoms with Crippen molar-refractivity contribution in [2.75, 3.05) is 6.61 Å². The molecule has 1 N–H and O–H groups in total. The van der Waals surface area contributed by atoms with E-state index in [0.29, 0.717) is 6.61 Å². The number of nitrogens with one attached hydrogen (secondary N) is 1. The summed E-state index contributed by atoms with van der Waals surface area (Å²) in [5.74, 6) is 0.634. The summed E-state index contributed by atoms with van der Waals surface area (Å²) in [6.45, 7) is 4.32. The SMILES string of the molecule is CC(Cl)CC(C)NC(=O)C1COc2ccccc21. The van der Waals surface area contributed by atoms with Crippen LogP contribution in [0.5, 0.6) is 5.75 Å². The van der Waals surface area contributed by atoms with Crippen molar-refractivity contribution in [1.29, 1.82) is 0 Å². The minimum absolute atomic E-state index is 0.0183. The summed E-state index contributed by atoms with van der Waals surface area (Å²) in [7, 11) is 0. The number of hydrogen-bond acceptors (Lipinski definition) is 2. The molecule has 98 valence electrons. The molecule has 1 aliphatic heterocycles. The van der Waals surface area contributed by atoms with Crippen molar-refractivity contribution in [3.05, 3.63) is 29.8 Å². The number of halogens is 1. The number of hydrogen-bond donors (Lipinski definition) is 1. The predicted molar refractivity (Wildman–Crippen MR) is 72.2 cm³/mol. The normalized spacial score (nSPS) is 20.7. The van der Waals surface area contributed by atoms with Crippen molar-refractivity contribution in [1.82, 2.24) is 5.32 Å². The molecule has 1 aromatic carbocycles. The van der Waals surface area contributed by atoms with Crippen molar-refractivity contribution in [3.8, 4) is 5.75 Å². The van der Waals surface area contributed by atoms with Crippen LogP contribution < -0.4 is 10.1 Å². The summed E-state index contributed by atoms with van der Waals surface area (Å²) in [6, 6.07) is 7.77. The van der Waals surface area contributed by atoms with Crippen LogP contribution in [0.15, 0.2) is 24.3 Å². The third kappa shape index (κ3) is 2.96. The summed E-state index contributed by atoms with van der Waals surface area (Å²) in [4.78, 5) is 12.2. The van der Waals surface area contributed by atoms with Crippen LogP contribution in [-0.2, 0) is 4.79 Å². The van der Waals surface area contributed by atoms with Crippen LogP contribution in [0.2, 0.25) is 0 Å². The quantitative estimate of drug-likeness (QED) is 0.852. The highest BCUT2D eigenvalue weighted by atomic mass is 35.5. The van der Waals surface area contributed by atoms with Gasteiger partial charge in [-0.25, -0.2) is 0 Å². The van der Waals surface area contributed by atoms with Crippen LogP contribution in [0.3, 0.4) is 0 Å². The molecular weight excluding hydrogens is 250 g/mol. The number of ether oxygens (including phenoxy) is 1. The maximum atomic E-state index is 12.2. The molecule has 3 atom stereocenters. The Kier molecular flexibility index (Phi) is 4.12. The fourth-order valence-corrected chi connectivity index (χ4v) is 2.54. The number of carbonyl (C=O) groups excluding carboxylic acids is 1. The number of alkyl halides is 1. The Morgan fingerprint density at radius 1 is 1.50 bits per heavy atom. The molecular formula is C14H18ClNO2. The fourth-order valence-electron chi connectivity index (χ4n) is 2.27. The molecule has 0 aromatic heterocycles. The van der Waals surface area contributed by atoms with Crippen molar-refractivity contribution in [2.24, 2.45) is 0 Å². The number of fused-ring (bicyclic) bond motifs is 1. The fraction of sp³-hybridized carbons (Fsp3) is 0.500. The molecule has 0 fully saturated rings. The minimum Gasteiger partial charge on any atom is -0.492 e. The lowest BCUT2D eigenvalue weighted by atomic mass is 10.00. The zero-order valence-corrected chi connectivity index (χ0v) is 11.4. The standard InChI is InChI=1S/C14H18ClNO2/c1-9(15)7-10(2)16-14(17)12-8-18-13-6-4-3-5-11(12)13/h3-6,9-10,12H,7-8H2,1-2H3,(H,16,17). The minimum atomic E-state index is -0.200. The van der Waals surface area contributed by atoms with Gasteiger partial charge in [0.25, 0.3) is 0 Å².